The summed E-state index contributed by atoms with van der Waals surface area (Å²) in [6, 6.07) is 10.5. The van der Waals surface area contributed by atoms with Crippen molar-refractivity contribution in [1.29, 1.82) is 0 Å². The lowest BCUT2D eigenvalue weighted by molar-refractivity contribution is 0.0514. The zero-order chi connectivity index (χ0) is 18.1. The Labute approximate surface area is 152 Å². The number of nitrogens with zero attached hydrogens (tertiary/aromatic N) is 1. The Kier molecular flexibility index (Phi) is 7.54. The molecular formula is C20H23NO3S. The van der Waals surface area contributed by atoms with Crippen LogP contribution in [0.4, 0.5) is 0 Å². The van der Waals surface area contributed by atoms with Gasteiger partial charge >= 0.3 is 5.97 Å². The number of unbranched alkanes of at least 4 members (excludes halogenated alkanes) is 3. The number of hydrogen-bond acceptors (Lipinski definition) is 5. The average Bonchev–Trinajstić information content (AvgIpc) is 3.07. The van der Waals surface area contributed by atoms with E-state index in [2.05, 4.69) is 12.1 Å². The second kappa shape index (κ2) is 9.89. The SMILES string of the molecule is CCCCCCC(=NOC(=O)c1ccccc1)C(=O)c1cc(C)cs1. The maximum atomic E-state index is 12.7. The van der Waals surface area contributed by atoms with Crippen LogP contribution >= 0.6 is 11.3 Å². The van der Waals surface area contributed by atoms with Crippen LogP contribution in [0, 0.1) is 6.92 Å². The molecule has 25 heavy (non-hydrogen) atoms. The first-order valence-corrected chi connectivity index (χ1v) is 9.43. The summed E-state index contributed by atoms with van der Waals surface area (Å²) in [6.07, 6.45) is 4.62. The maximum absolute atomic E-state index is 12.7. The van der Waals surface area contributed by atoms with Crippen LogP contribution in [-0.2, 0) is 4.84 Å². The quantitative estimate of drug-likeness (QED) is 0.198. The van der Waals surface area contributed by atoms with E-state index in [9.17, 15) is 9.59 Å². The summed E-state index contributed by atoms with van der Waals surface area (Å²) in [6.45, 7) is 4.08. The van der Waals surface area contributed by atoms with Crippen molar-refractivity contribution >= 4 is 28.8 Å². The number of Topliss-reactive ketones (excluding diaryl/α,β-unsaturated/α-hetero) is 1. The minimum absolute atomic E-state index is 0.157. The molecule has 0 aliphatic heterocycles. The predicted octanol–water partition coefficient (Wildman–Crippen LogP) is 5.42. The predicted molar refractivity (Wildman–Crippen MR) is 101 cm³/mol. The first kappa shape index (κ1) is 19.1. The van der Waals surface area contributed by atoms with Gasteiger partial charge < -0.3 is 4.84 Å². The molecular weight excluding hydrogens is 334 g/mol. The fourth-order valence-electron chi connectivity index (χ4n) is 2.34. The standard InChI is InChI=1S/C20H23NO3S/c1-3-4-5-9-12-17(19(22)18-13-15(2)14-25-18)21-24-20(23)16-10-7-6-8-11-16/h6-8,10-11,13-14H,3-5,9,12H2,1-2H3. The highest BCUT2D eigenvalue weighted by atomic mass is 32.1. The summed E-state index contributed by atoms with van der Waals surface area (Å²) >= 11 is 1.39. The third-order valence-electron chi connectivity index (χ3n) is 3.73. The van der Waals surface area contributed by atoms with E-state index >= 15 is 0 Å². The van der Waals surface area contributed by atoms with Gasteiger partial charge in [0.25, 0.3) is 0 Å². The molecule has 0 saturated heterocycles. The molecule has 2 aromatic rings. The van der Waals surface area contributed by atoms with E-state index < -0.39 is 5.97 Å². The summed E-state index contributed by atoms with van der Waals surface area (Å²) in [5, 5.41) is 5.84. The first-order valence-electron chi connectivity index (χ1n) is 8.55. The second-order valence-electron chi connectivity index (χ2n) is 5.91. The number of oxime groups is 1. The molecule has 0 atom stereocenters. The van der Waals surface area contributed by atoms with Gasteiger partial charge in [0.15, 0.2) is 0 Å². The van der Waals surface area contributed by atoms with Crippen molar-refractivity contribution in [3.05, 3.63) is 57.8 Å². The third-order valence-corrected chi connectivity index (χ3v) is 4.78. The highest BCUT2D eigenvalue weighted by Crippen LogP contribution is 2.17. The minimum Gasteiger partial charge on any atom is -0.312 e. The van der Waals surface area contributed by atoms with Crippen LogP contribution in [0.2, 0.25) is 0 Å². The Morgan fingerprint density at radius 3 is 2.52 bits per heavy atom. The lowest BCUT2D eigenvalue weighted by Gasteiger charge is -2.04. The molecule has 0 unspecified atom stereocenters. The zero-order valence-corrected chi connectivity index (χ0v) is 15.5. The van der Waals surface area contributed by atoms with Gasteiger partial charge in [0.05, 0.1) is 10.4 Å². The van der Waals surface area contributed by atoms with Crippen LogP contribution in [-0.4, -0.2) is 17.5 Å². The van der Waals surface area contributed by atoms with Gasteiger partial charge in [-0.2, -0.15) is 0 Å². The number of thiophene rings is 1. The van der Waals surface area contributed by atoms with Crippen LogP contribution in [0.3, 0.4) is 0 Å². The van der Waals surface area contributed by atoms with E-state index in [0.29, 0.717) is 22.6 Å². The van der Waals surface area contributed by atoms with Crippen molar-refractivity contribution in [2.75, 3.05) is 0 Å². The molecule has 0 fully saturated rings. The van der Waals surface area contributed by atoms with Crippen molar-refractivity contribution in [3.8, 4) is 0 Å². The molecule has 1 heterocycles. The van der Waals surface area contributed by atoms with Crippen LogP contribution in [0.5, 0.6) is 0 Å². The Morgan fingerprint density at radius 1 is 1.12 bits per heavy atom. The van der Waals surface area contributed by atoms with Crippen molar-refractivity contribution in [2.24, 2.45) is 5.16 Å². The highest BCUT2D eigenvalue weighted by molar-refractivity contribution is 7.13. The first-order chi connectivity index (χ1) is 12.1. The number of rotatable bonds is 9. The molecule has 0 amide bonds. The summed E-state index contributed by atoms with van der Waals surface area (Å²) < 4.78 is 0. The van der Waals surface area contributed by atoms with Crippen molar-refractivity contribution in [1.82, 2.24) is 0 Å². The number of carbonyl (C=O) groups excluding carboxylic acids is 2. The summed E-state index contributed by atoms with van der Waals surface area (Å²) in [7, 11) is 0. The van der Waals surface area contributed by atoms with Crippen molar-refractivity contribution in [2.45, 2.75) is 46.0 Å². The monoisotopic (exact) mass is 357 g/mol. The second-order valence-corrected chi connectivity index (χ2v) is 6.82. The summed E-state index contributed by atoms with van der Waals surface area (Å²) in [4.78, 5) is 30.4. The van der Waals surface area contributed by atoms with Crippen LogP contribution in [0.25, 0.3) is 0 Å². The fourth-order valence-corrected chi connectivity index (χ4v) is 3.20. The molecule has 0 bridgehead atoms. The van der Waals surface area contributed by atoms with Gasteiger partial charge in [-0.3, -0.25) is 4.79 Å². The van der Waals surface area contributed by atoms with Crippen molar-refractivity contribution in [3.63, 3.8) is 0 Å². The van der Waals surface area contributed by atoms with E-state index in [0.717, 1.165) is 31.2 Å². The maximum Gasteiger partial charge on any atom is 0.365 e. The van der Waals surface area contributed by atoms with Gasteiger partial charge in [-0.05, 0) is 48.9 Å². The molecule has 132 valence electrons. The molecule has 0 spiro atoms. The Bertz CT molecular complexity index is 734. The van der Waals surface area contributed by atoms with Crippen LogP contribution in [0.15, 0.2) is 46.9 Å². The Balaban J connectivity index is 2.09. The lowest BCUT2D eigenvalue weighted by atomic mass is 10.1. The van der Waals surface area contributed by atoms with Gasteiger partial charge in [0, 0.05) is 0 Å². The summed E-state index contributed by atoms with van der Waals surface area (Å²) in [5.41, 5.74) is 1.76. The lowest BCUT2D eigenvalue weighted by Crippen LogP contribution is -2.15. The van der Waals surface area contributed by atoms with Gasteiger partial charge in [-0.25, -0.2) is 4.79 Å². The van der Waals surface area contributed by atoms with E-state index in [1.165, 1.54) is 11.3 Å². The largest absolute Gasteiger partial charge is 0.365 e. The van der Waals surface area contributed by atoms with E-state index in [4.69, 9.17) is 4.84 Å². The Morgan fingerprint density at radius 2 is 1.88 bits per heavy atom. The number of ketones is 1. The number of benzene rings is 1. The molecule has 0 N–H and O–H groups in total. The molecule has 0 saturated carbocycles. The highest BCUT2D eigenvalue weighted by Gasteiger charge is 2.18. The minimum atomic E-state index is -0.554. The number of hydrogen-bond donors (Lipinski definition) is 0. The van der Waals surface area contributed by atoms with Crippen molar-refractivity contribution < 1.29 is 14.4 Å². The van der Waals surface area contributed by atoms with Gasteiger partial charge in [-0.1, -0.05) is 49.5 Å². The van der Waals surface area contributed by atoms with E-state index in [-0.39, 0.29) is 5.78 Å². The zero-order valence-electron chi connectivity index (χ0n) is 14.7. The van der Waals surface area contributed by atoms with Gasteiger partial charge in [0.1, 0.15) is 5.71 Å². The Hall–Kier alpha value is -2.27. The third kappa shape index (κ3) is 5.94. The molecule has 5 heteroatoms. The molecule has 1 aromatic carbocycles. The number of carbonyl (C=O) groups is 2. The summed E-state index contributed by atoms with van der Waals surface area (Å²) in [5.74, 6) is -0.711. The van der Waals surface area contributed by atoms with Gasteiger partial charge in [0.2, 0.25) is 5.78 Å². The fraction of sp³-hybridized carbons (Fsp3) is 0.350. The topological polar surface area (TPSA) is 55.7 Å². The molecule has 4 nitrogen and oxygen atoms in total. The normalized spacial score (nSPS) is 11.4. The van der Waals surface area contributed by atoms with E-state index in [1.807, 2.05) is 24.4 Å². The molecule has 0 aliphatic carbocycles. The average molecular weight is 357 g/mol. The van der Waals surface area contributed by atoms with Crippen LogP contribution < -0.4 is 0 Å². The smallest absolute Gasteiger partial charge is 0.312 e. The number of aryl methyl sites for hydroxylation is 1. The van der Waals surface area contributed by atoms with Gasteiger partial charge in [-0.15, -0.1) is 11.3 Å². The molecule has 2 rings (SSSR count). The molecule has 1 aromatic heterocycles. The molecule has 0 radical (unpaired) electrons. The molecule has 0 aliphatic rings. The van der Waals surface area contributed by atoms with Crippen LogP contribution in [0.1, 0.15) is 64.6 Å². The van der Waals surface area contributed by atoms with E-state index in [1.54, 1.807) is 24.3 Å².